The number of hydrazine groups is 1. The smallest absolute Gasteiger partial charge is 0.433 e. The number of benzene rings is 1. The number of carbonyl (C=O) groups excluding carboxylic acids is 2. The second kappa shape index (κ2) is 7.80. The molecular formula is C12H14Cl2N2O5. The van der Waals surface area contributed by atoms with Gasteiger partial charge in [-0.05, 0) is 26.0 Å². The minimum absolute atomic E-state index is 0.0857. The lowest BCUT2D eigenvalue weighted by atomic mass is 10.3. The fourth-order valence-electron chi connectivity index (χ4n) is 1.34. The second-order valence-corrected chi connectivity index (χ2v) is 4.44. The van der Waals surface area contributed by atoms with Gasteiger partial charge in [0.2, 0.25) is 0 Å². The molecule has 0 aromatic heterocycles. The van der Waals surface area contributed by atoms with Crippen molar-refractivity contribution < 1.29 is 24.2 Å². The highest BCUT2D eigenvalue weighted by Crippen LogP contribution is 2.35. The van der Waals surface area contributed by atoms with Gasteiger partial charge >= 0.3 is 12.2 Å². The summed E-state index contributed by atoms with van der Waals surface area (Å²) in [6, 6.07) is 2.48. The summed E-state index contributed by atoms with van der Waals surface area (Å²) in [5, 5.41) is 10.1. The molecule has 0 aliphatic heterocycles. The summed E-state index contributed by atoms with van der Waals surface area (Å²) in [5.41, 5.74) is 2.30. The van der Waals surface area contributed by atoms with E-state index in [1.807, 2.05) is 0 Å². The third-order valence-corrected chi connectivity index (χ3v) is 2.76. The largest absolute Gasteiger partial charge is 0.505 e. The van der Waals surface area contributed by atoms with Crippen molar-refractivity contribution in [3.8, 4) is 5.75 Å². The van der Waals surface area contributed by atoms with Crippen LogP contribution in [0.4, 0.5) is 15.3 Å². The van der Waals surface area contributed by atoms with Gasteiger partial charge in [-0.3, -0.25) is 0 Å². The Balaban J connectivity index is 3.11. The number of aromatic hydroxyl groups is 1. The first-order valence-electron chi connectivity index (χ1n) is 5.99. The van der Waals surface area contributed by atoms with Crippen molar-refractivity contribution in [1.29, 1.82) is 0 Å². The Labute approximate surface area is 131 Å². The Kier molecular flexibility index (Phi) is 6.39. The number of anilines is 1. The van der Waals surface area contributed by atoms with E-state index >= 15 is 0 Å². The van der Waals surface area contributed by atoms with Crippen LogP contribution in [0.1, 0.15) is 13.8 Å². The second-order valence-electron chi connectivity index (χ2n) is 3.62. The molecule has 0 saturated carbocycles. The topological polar surface area (TPSA) is 88.1 Å². The van der Waals surface area contributed by atoms with Crippen LogP contribution in [0.25, 0.3) is 0 Å². The van der Waals surface area contributed by atoms with Gasteiger partial charge in [0.25, 0.3) is 0 Å². The summed E-state index contributed by atoms with van der Waals surface area (Å²) in [7, 11) is 0. The Morgan fingerprint density at radius 3 is 2.19 bits per heavy atom. The van der Waals surface area contributed by atoms with Crippen LogP contribution in [-0.2, 0) is 9.47 Å². The fourth-order valence-corrected chi connectivity index (χ4v) is 1.82. The van der Waals surface area contributed by atoms with Crippen molar-refractivity contribution in [3.05, 3.63) is 22.2 Å². The van der Waals surface area contributed by atoms with E-state index in [1.54, 1.807) is 13.8 Å². The highest BCUT2D eigenvalue weighted by Gasteiger charge is 2.22. The van der Waals surface area contributed by atoms with Crippen molar-refractivity contribution >= 4 is 41.1 Å². The number of hydrogen-bond acceptors (Lipinski definition) is 5. The van der Waals surface area contributed by atoms with E-state index in [2.05, 4.69) is 5.43 Å². The first-order chi connectivity index (χ1) is 9.90. The summed E-state index contributed by atoms with van der Waals surface area (Å²) in [4.78, 5) is 23.3. The van der Waals surface area contributed by atoms with Crippen molar-refractivity contribution in [3.63, 3.8) is 0 Å². The van der Waals surface area contributed by atoms with Gasteiger partial charge in [-0.2, -0.15) is 5.01 Å². The average Bonchev–Trinajstić information content (AvgIpc) is 2.42. The molecule has 1 aromatic carbocycles. The lowest BCUT2D eigenvalue weighted by Crippen LogP contribution is -2.47. The molecule has 0 heterocycles. The molecular weight excluding hydrogens is 323 g/mol. The van der Waals surface area contributed by atoms with Crippen LogP contribution in [0.2, 0.25) is 10.0 Å². The maximum absolute atomic E-state index is 11.9. The number of amides is 2. The molecule has 0 fully saturated rings. The van der Waals surface area contributed by atoms with Crippen molar-refractivity contribution in [2.24, 2.45) is 0 Å². The Hall–Kier alpha value is -1.86. The Morgan fingerprint density at radius 1 is 1.19 bits per heavy atom. The van der Waals surface area contributed by atoms with Crippen LogP contribution in [0.5, 0.6) is 5.75 Å². The van der Waals surface area contributed by atoms with Gasteiger partial charge in [0, 0.05) is 0 Å². The van der Waals surface area contributed by atoms with Crippen LogP contribution in [0.3, 0.4) is 0 Å². The van der Waals surface area contributed by atoms with E-state index in [-0.39, 0.29) is 34.7 Å². The van der Waals surface area contributed by atoms with E-state index in [4.69, 9.17) is 32.7 Å². The number of nitrogens with one attached hydrogen (secondary N) is 1. The molecule has 2 amide bonds. The molecule has 9 heteroatoms. The third kappa shape index (κ3) is 4.57. The first-order valence-corrected chi connectivity index (χ1v) is 6.74. The molecule has 0 spiro atoms. The molecule has 0 unspecified atom stereocenters. The first kappa shape index (κ1) is 17.2. The monoisotopic (exact) mass is 336 g/mol. The van der Waals surface area contributed by atoms with Crippen LogP contribution < -0.4 is 10.4 Å². The van der Waals surface area contributed by atoms with Gasteiger partial charge in [0.15, 0.2) is 5.75 Å². The van der Waals surface area contributed by atoms with Gasteiger partial charge in [-0.1, -0.05) is 23.2 Å². The number of hydrogen-bond donors (Lipinski definition) is 2. The zero-order valence-electron chi connectivity index (χ0n) is 11.4. The minimum Gasteiger partial charge on any atom is -0.505 e. The van der Waals surface area contributed by atoms with E-state index in [0.29, 0.717) is 0 Å². The quantitative estimate of drug-likeness (QED) is 0.826. The number of carbonyl (C=O) groups is 2. The predicted octanol–water partition coefficient (Wildman–Crippen LogP) is 3.32. The molecule has 0 atom stereocenters. The molecule has 0 bridgehead atoms. The third-order valence-electron chi connectivity index (χ3n) is 2.19. The molecule has 7 nitrogen and oxygen atoms in total. The lowest BCUT2D eigenvalue weighted by molar-refractivity contribution is 0.138. The molecule has 0 aliphatic rings. The van der Waals surface area contributed by atoms with Crippen LogP contribution >= 0.6 is 23.2 Å². The molecule has 21 heavy (non-hydrogen) atoms. The summed E-state index contributed by atoms with van der Waals surface area (Å²) in [6.45, 7) is 3.44. The molecule has 0 aliphatic carbocycles. The lowest BCUT2D eigenvalue weighted by Gasteiger charge is -2.22. The molecule has 116 valence electrons. The Morgan fingerprint density at radius 2 is 1.71 bits per heavy atom. The number of nitrogens with zero attached hydrogens (tertiary/aromatic N) is 1. The van der Waals surface area contributed by atoms with E-state index in [9.17, 15) is 14.7 Å². The maximum atomic E-state index is 11.9. The number of halogens is 2. The van der Waals surface area contributed by atoms with Crippen LogP contribution in [0.15, 0.2) is 12.1 Å². The van der Waals surface area contributed by atoms with E-state index < -0.39 is 12.2 Å². The van der Waals surface area contributed by atoms with Crippen molar-refractivity contribution in [2.75, 3.05) is 18.2 Å². The number of ether oxygens (including phenoxy) is 2. The van der Waals surface area contributed by atoms with E-state index in [1.165, 1.54) is 12.1 Å². The predicted molar refractivity (Wildman–Crippen MR) is 77.8 cm³/mol. The normalized spacial score (nSPS) is 9.90. The number of phenolic OH excluding ortho intramolecular Hbond substituents is 1. The van der Waals surface area contributed by atoms with Gasteiger partial charge in [0.1, 0.15) is 0 Å². The molecule has 1 aromatic rings. The average molecular weight is 337 g/mol. The maximum Gasteiger partial charge on any atom is 0.433 e. The van der Waals surface area contributed by atoms with Crippen LogP contribution in [-0.4, -0.2) is 30.5 Å². The zero-order chi connectivity index (χ0) is 16.0. The van der Waals surface area contributed by atoms with Crippen LogP contribution in [0, 0.1) is 0 Å². The van der Waals surface area contributed by atoms with Gasteiger partial charge in [-0.15, -0.1) is 0 Å². The SMILES string of the molecule is CCOC(=O)NN(C(=O)OCC)c1cc(Cl)c(O)c(Cl)c1. The summed E-state index contributed by atoms with van der Waals surface area (Å²) in [5.74, 6) is -0.331. The number of phenols is 1. The highest BCUT2D eigenvalue weighted by atomic mass is 35.5. The summed E-state index contributed by atoms with van der Waals surface area (Å²) < 4.78 is 9.51. The Bertz CT molecular complexity index is 515. The minimum atomic E-state index is -0.858. The summed E-state index contributed by atoms with van der Waals surface area (Å²) >= 11 is 11.6. The standard InChI is InChI=1S/C12H14Cl2N2O5/c1-3-20-11(18)15-16(12(19)21-4-2)7-5-8(13)10(17)9(14)6-7/h5-6,17H,3-4H2,1-2H3,(H,15,18). The van der Waals surface area contributed by atoms with Gasteiger partial charge in [-0.25, -0.2) is 15.0 Å². The molecule has 1 rings (SSSR count). The molecule has 0 saturated heterocycles. The van der Waals surface area contributed by atoms with Gasteiger partial charge in [0.05, 0.1) is 28.9 Å². The summed E-state index contributed by atoms with van der Waals surface area (Å²) in [6.07, 6.45) is -1.71. The highest BCUT2D eigenvalue weighted by molar-refractivity contribution is 6.37. The number of rotatable bonds is 3. The van der Waals surface area contributed by atoms with Crippen molar-refractivity contribution in [2.45, 2.75) is 13.8 Å². The van der Waals surface area contributed by atoms with Crippen molar-refractivity contribution in [1.82, 2.24) is 5.43 Å². The molecule has 0 radical (unpaired) electrons. The fraction of sp³-hybridized carbons (Fsp3) is 0.333. The molecule has 2 N–H and O–H groups in total. The van der Waals surface area contributed by atoms with E-state index in [0.717, 1.165) is 5.01 Å². The van der Waals surface area contributed by atoms with Gasteiger partial charge < -0.3 is 14.6 Å². The zero-order valence-corrected chi connectivity index (χ0v) is 12.9.